The second-order valence-corrected chi connectivity index (χ2v) is 5.66. The minimum absolute atomic E-state index is 0.0836. The smallest absolute Gasteiger partial charge is 0.316 e. The molecule has 1 aromatic heterocycles. The number of carbonyl (C=O) groups is 1. The summed E-state index contributed by atoms with van der Waals surface area (Å²) in [4.78, 5) is 17.0. The van der Waals surface area contributed by atoms with Crippen LogP contribution in [0, 0.1) is 0 Å². The highest BCUT2D eigenvalue weighted by atomic mass is 79.9. The quantitative estimate of drug-likeness (QED) is 0.769. The minimum atomic E-state index is -0.0836. The summed E-state index contributed by atoms with van der Waals surface area (Å²) < 4.78 is 1.90. The number of pyridine rings is 1. The Hall–Kier alpha value is -0.660. The van der Waals surface area contributed by atoms with Gasteiger partial charge in [-0.05, 0) is 37.9 Å². The van der Waals surface area contributed by atoms with E-state index in [1.54, 1.807) is 20.3 Å². The summed E-state index contributed by atoms with van der Waals surface area (Å²) in [6.07, 6.45) is 1.76. The average molecular weight is 380 g/mol. The number of carbonyl (C=O) groups excluding carboxylic acids is 1. The molecule has 1 rings (SSSR count). The second kappa shape index (κ2) is 7.70. The molecule has 0 aliphatic heterocycles. The number of nitrogens with zero attached hydrogens (tertiary/aromatic N) is 2. The lowest BCUT2D eigenvalue weighted by Gasteiger charge is -2.12. The van der Waals surface area contributed by atoms with Gasteiger partial charge in [0.2, 0.25) is 0 Å². The lowest BCUT2D eigenvalue weighted by atomic mass is 10.3. The van der Waals surface area contributed by atoms with Gasteiger partial charge in [0.05, 0.1) is 5.69 Å². The summed E-state index contributed by atoms with van der Waals surface area (Å²) in [7, 11) is 3.43. The predicted octanol–water partition coefficient (Wildman–Crippen LogP) is 1.97. The third-order valence-corrected chi connectivity index (χ3v) is 3.28. The van der Waals surface area contributed by atoms with Gasteiger partial charge < -0.3 is 15.5 Å². The number of halogens is 2. The first-order chi connectivity index (χ1) is 8.50. The van der Waals surface area contributed by atoms with E-state index in [4.69, 9.17) is 0 Å². The standard InChI is InChI=1S/C11H16Br2N4O/c1-17(2)11(18)15-4-3-14-7-10-9(13)5-8(12)6-16-10/h5-6,14H,3-4,7H2,1-2H3,(H,15,18). The SMILES string of the molecule is CN(C)C(=O)NCCNCc1ncc(Br)cc1Br. The molecule has 0 unspecified atom stereocenters. The number of hydrogen-bond donors (Lipinski definition) is 2. The van der Waals surface area contributed by atoms with E-state index < -0.39 is 0 Å². The molecule has 7 heteroatoms. The van der Waals surface area contributed by atoms with Crippen molar-refractivity contribution in [2.75, 3.05) is 27.2 Å². The van der Waals surface area contributed by atoms with Crippen molar-refractivity contribution in [1.29, 1.82) is 0 Å². The van der Waals surface area contributed by atoms with Crippen LogP contribution in [0.3, 0.4) is 0 Å². The van der Waals surface area contributed by atoms with Gasteiger partial charge in [-0.25, -0.2) is 4.79 Å². The highest BCUT2D eigenvalue weighted by Crippen LogP contribution is 2.19. The van der Waals surface area contributed by atoms with Crippen molar-refractivity contribution in [2.24, 2.45) is 0 Å². The molecule has 100 valence electrons. The zero-order valence-corrected chi connectivity index (χ0v) is 13.5. The summed E-state index contributed by atoms with van der Waals surface area (Å²) in [5.41, 5.74) is 0.942. The van der Waals surface area contributed by atoms with Crippen molar-refractivity contribution in [3.8, 4) is 0 Å². The first kappa shape index (κ1) is 15.4. The van der Waals surface area contributed by atoms with Gasteiger partial charge in [0, 0.05) is 48.9 Å². The van der Waals surface area contributed by atoms with E-state index in [2.05, 4.69) is 47.5 Å². The Bertz CT molecular complexity index is 412. The van der Waals surface area contributed by atoms with Gasteiger partial charge in [-0.15, -0.1) is 0 Å². The highest BCUT2D eigenvalue weighted by molar-refractivity contribution is 9.11. The van der Waals surface area contributed by atoms with E-state index in [0.29, 0.717) is 19.6 Å². The maximum atomic E-state index is 11.2. The average Bonchev–Trinajstić information content (AvgIpc) is 2.30. The van der Waals surface area contributed by atoms with E-state index >= 15 is 0 Å². The maximum Gasteiger partial charge on any atom is 0.316 e. The molecule has 18 heavy (non-hydrogen) atoms. The van der Waals surface area contributed by atoms with Gasteiger partial charge >= 0.3 is 6.03 Å². The Kier molecular flexibility index (Phi) is 6.59. The van der Waals surface area contributed by atoms with Crippen LogP contribution in [0.25, 0.3) is 0 Å². The fourth-order valence-electron chi connectivity index (χ4n) is 1.20. The monoisotopic (exact) mass is 378 g/mol. The van der Waals surface area contributed by atoms with Crippen molar-refractivity contribution in [1.82, 2.24) is 20.5 Å². The predicted molar refractivity (Wildman–Crippen MR) is 78.4 cm³/mol. The van der Waals surface area contributed by atoms with Crippen LogP contribution in [0.4, 0.5) is 4.79 Å². The van der Waals surface area contributed by atoms with Gasteiger partial charge in [-0.1, -0.05) is 0 Å². The number of hydrogen-bond acceptors (Lipinski definition) is 3. The van der Waals surface area contributed by atoms with Crippen LogP contribution in [0.1, 0.15) is 5.69 Å². The molecular weight excluding hydrogens is 364 g/mol. The van der Waals surface area contributed by atoms with Crippen LogP contribution in [0.5, 0.6) is 0 Å². The van der Waals surface area contributed by atoms with Crippen molar-refractivity contribution < 1.29 is 4.79 Å². The van der Waals surface area contributed by atoms with Crippen molar-refractivity contribution in [3.63, 3.8) is 0 Å². The molecule has 0 radical (unpaired) electrons. The van der Waals surface area contributed by atoms with E-state index in [1.807, 2.05) is 6.07 Å². The van der Waals surface area contributed by atoms with E-state index in [-0.39, 0.29) is 6.03 Å². The molecule has 0 spiro atoms. The third kappa shape index (κ3) is 5.32. The van der Waals surface area contributed by atoms with E-state index in [9.17, 15) is 4.79 Å². The van der Waals surface area contributed by atoms with E-state index in [1.165, 1.54) is 4.90 Å². The molecule has 2 amide bonds. The summed E-state index contributed by atoms with van der Waals surface area (Å²) in [6.45, 7) is 1.95. The minimum Gasteiger partial charge on any atom is -0.337 e. The second-order valence-electron chi connectivity index (χ2n) is 3.89. The van der Waals surface area contributed by atoms with Gasteiger partial charge in [0.1, 0.15) is 0 Å². The number of aromatic nitrogens is 1. The maximum absolute atomic E-state index is 11.2. The normalized spacial score (nSPS) is 10.2. The summed E-state index contributed by atoms with van der Waals surface area (Å²) in [6, 6.07) is 1.87. The molecule has 0 saturated heterocycles. The Morgan fingerprint density at radius 3 is 2.72 bits per heavy atom. The first-order valence-electron chi connectivity index (χ1n) is 5.46. The van der Waals surface area contributed by atoms with Crippen LogP contribution >= 0.6 is 31.9 Å². The molecular formula is C11H16Br2N4O. The number of rotatable bonds is 5. The zero-order chi connectivity index (χ0) is 13.5. The van der Waals surface area contributed by atoms with Crippen LogP contribution in [-0.2, 0) is 6.54 Å². The lowest BCUT2D eigenvalue weighted by molar-refractivity contribution is 0.217. The summed E-state index contributed by atoms with van der Waals surface area (Å²) in [5, 5.41) is 5.99. The number of urea groups is 1. The molecule has 0 aromatic carbocycles. The zero-order valence-electron chi connectivity index (χ0n) is 10.3. The fourth-order valence-corrected chi connectivity index (χ4v) is 2.32. The molecule has 0 fully saturated rings. The van der Waals surface area contributed by atoms with Gasteiger partial charge in [0.25, 0.3) is 0 Å². The summed E-state index contributed by atoms with van der Waals surface area (Å²) in [5.74, 6) is 0. The Morgan fingerprint density at radius 1 is 1.39 bits per heavy atom. The fraction of sp³-hybridized carbons (Fsp3) is 0.455. The molecule has 0 aliphatic rings. The molecule has 2 N–H and O–H groups in total. The van der Waals surface area contributed by atoms with E-state index in [0.717, 1.165) is 14.6 Å². The van der Waals surface area contributed by atoms with Crippen LogP contribution in [0.2, 0.25) is 0 Å². The molecule has 0 aliphatic carbocycles. The molecule has 1 aromatic rings. The highest BCUT2D eigenvalue weighted by Gasteiger charge is 2.03. The van der Waals surface area contributed by atoms with Gasteiger partial charge in [0.15, 0.2) is 0 Å². The van der Waals surface area contributed by atoms with Crippen molar-refractivity contribution in [3.05, 3.63) is 26.9 Å². The topological polar surface area (TPSA) is 57.3 Å². The van der Waals surface area contributed by atoms with Crippen molar-refractivity contribution in [2.45, 2.75) is 6.54 Å². The molecule has 0 bridgehead atoms. The summed E-state index contributed by atoms with van der Waals surface area (Å²) >= 11 is 6.80. The first-order valence-corrected chi connectivity index (χ1v) is 7.05. The lowest BCUT2D eigenvalue weighted by Crippen LogP contribution is -2.38. The molecule has 0 atom stereocenters. The Labute approximate surface area is 124 Å². The Morgan fingerprint density at radius 2 is 2.11 bits per heavy atom. The molecule has 5 nitrogen and oxygen atoms in total. The van der Waals surface area contributed by atoms with Crippen molar-refractivity contribution >= 4 is 37.9 Å². The van der Waals surface area contributed by atoms with Gasteiger partial charge in [-0.2, -0.15) is 0 Å². The molecule has 1 heterocycles. The number of nitrogens with one attached hydrogen (secondary N) is 2. The molecule has 0 saturated carbocycles. The largest absolute Gasteiger partial charge is 0.337 e. The van der Waals surface area contributed by atoms with Crippen LogP contribution in [0.15, 0.2) is 21.2 Å². The number of amides is 2. The Balaban J connectivity index is 2.24. The van der Waals surface area contributed by atoms with Crippen LogP contribution < -0.4 is 10.6 Å². The van der Waals surface area contributed by atoms with Gasteiger partial charge in [-0.3, -0.25) is 4.98 Å². The van der Waals surface area contributed by atoms with Crippen LogP contribution in [-0.4, -0.2) is 43.1 Å². The third-order valence-electron chi connectivity index (χ3n) is 2.16.